The lowest BCUT2D eigenvalue weighted by molar-refractivity contribution is 0.0696. The monoisotopic (exact) mass is 323 g/mol. The van der Waals surface area contributed by atoms with Crippen LogP contribution in [0.1, 0.15) is 26.3 Å². The molecule has 0 spiro atoms. The zero-order chi connectivity index (χ0) is 15.6. The van der Waals surface area contributed by atoms with Crippen molar-refractivity contribution in [1.82, 2.24) is 0 Å². The van der Waals surface area contributed by atoms with E-state index in [1.54, 1.807) is 25.1 Å². The second kappa shape index (κ2) is 6.16. The number of carboxylic acids is 1. The molecule has 2 N–H and O–H groups in total. The normalized spacial score (nSPS) is 10.2. The number of rotatable bonds is 3. The Kier molecular flexibility index (Phi) is 4.50. The lowest BCUT2D eigenvalue weighted by Gasteiger charge is -2.09. The van der Waals surface area contributed by atoms with Gasteiger partial charge in [0.05, 0.1) is 10.6 Å². The highest BCUT2D eigenvalue weighted by Gasteiger charge is 2.13. The van der Waals surface area contributed by atoms with E-state index in [-0.39, 0.29) is 16.5 Å². The molecule has 0 aliphatic heterocycles. The average molecular weight is 324 g/mol. The van der Waals surface area contributed by atoms with Gasteiger partial charge >= 0.3 is 5.97 Å². The minimum atomic E-state index is -1.16. The molecule has 2 rings (SSSR count). The maximum absolute atomic E-state index is 12.2. The van der Waals surface area contributed by atoms with Crippen molar-refractivity contribution in [3.05, 3.63) is 63.1 Å². The molecule has 4 nitrogen and oxygen atoms in total. The number of aromatic carboxylic acids is 1. The van der Waals surface area contributed by atoms with E-state index in [0.717, 1.165) is 5.56 Å². The Labute approximate surface area is 131 Å². The molecule has 2 aromatic carbocycles. The van der Waals surface area contributed by atoms with Gasteiger partial charge in [-0.05, 0) is 42.8 Å². The van der Waals surface area contributed by atoms with Crippen LogP contribution in [0.3, 0.4) is 0 Å². The zero-order valence-electron chi connectivity index (χ0n) is 11.0. The Morgan fingerprint density at radius 2 is 1.76 bits per heavy atom. The molecule has 0 fully saturated rings. The van der Waals surface area contributed by atoms with Gasteiger partial charge in [-0.15, -0.1) is 0 Å². The molecule has 2 aromatic rings. The van der Waals surface area contributed by atoms with Gasteiger partial charge in [-0.1, -0.05) is 29.3 Å². The number of halogens is 2. The number of nitrogens with one attached hydrogen (secondary N) is 1. The van der Waals surface area contributed by atoms with Crippen molar-refractivity contribution in [2.24, 2.45) is 0 Å². The third-order valence-electron chi connectivity index (χ3n) is 2.90. The van der Waals surface area contributed by atoms with Crippen molar-refractivity contribution in [2.45, 2.75) is 6.92 Å². The highest BCUT2D eigenvalue weighted by atomic mass is 35.5. The van der Waals surface area contributed by atoms with Crippen LogP contribution in [0.5, 0.6) is 0 Å². The van der Waals surface area contributed by atoms with Crippen LogP contribution in [0.15, 0.2) is 36.4 Å². The lowest BCUT2D eigenvalue weighted by atomic mass is 10.1. The molecule has 0 atom stereocenters. The summed E-state index contributed by atoms with van der Waals surface area (Å²) in [5.41, 5.74) is 1.47. The molecule has 0 aliphatic rings. The number of aryl methyl sites for hydroxylation is 1. The molecule has 0 aliphatic carbocycles. The molecular weight excluding hydrogens is 313 g/mol. The molecule has 0 saturated carbocycles. The van der Waals surface area contributed by atoms with Gasteiger partial charge < -0.3 is 10.4 Å². The molecule has 6 heteroatoms. The summed E-state index contributed by atoms with van der Waals surface area (Å²) in [6.07, 6.45) is 0. The smallest absolute Gasteiger partial charge is 0.337 e. The van der Waals surface area contributed by atoms with E-state index in [1.807, 2.05) is 0 Å². The van der Waals surface area contributed by atoms with E-state index in [9.17, 15) is 9.59 Å². The summed E-state index contributed by atoms with van der Waals surface area (Å²) in [4.78, 5) is 23.2. The third kappa shape index (κ3) is 3.54. The van der Waals surface area contributed by atoms with Gasteiger partial charge in [0.2, 0.25) is 0 Å². The maximum Gasteiger partial charge on any atom is 0.337 e. The standard InChI is InChI=1S/C15H11Cl2NO3/c1-8-2-3-9(16)6-11(8)14(19)18-10-4-5-13(17)12(7-10)15(20)21/h2-7H,1H3,(H,18,19)(H,20,21). The molecule has 0 bridgehead atoms. The second-order valence-corrected chi connectivity index (χ2v) is 5.26. The fourth-order valence-electron chi connectivity index (χ4n) is 1.80. The number of anilines is 1. The first-order valence-corrected chi connectivity index (χ1v) is 6.74. The third-order valence-corrected chi connectivity index (χ3v) is 3.46. The molecule has 0 aromatic heterocycles. The summed E-state index contributed by atoms with van der Waals surface area (Å²) >= 11 is 11.7. The first kappa shape index (κ1) is 15.4. The lowest BCUT2D eigenvalue weighted by Crippen LogP contribution is -2.14. The molecule has 1 amide bonds. The topological polar surface area (TPSA) is 66.4 Å². The minimum absolute atomic E-state index is 0.0720. The number of carboxylic acid groups (broad SMARTS) is 1. The minimum Gasteiger partial charge on any atom is -0.478 e. The summed E-state index contributed by atoms with van der Waals surface area (Å²) < 4.78 is 0. The Morgan fingerprint density at radius 1 is 1.05 bits per heavy atom. The number of hydrogen-bond acceptors (Lipinski definition) is 2. The van der Waals surface area contributed by atoms with Crippen LogP contribution in [-0.4, -0.2) is 17.0 Å². The average Bonchev–Trinajstić information content (AvgIpc) is 2.43. The number of carbonyl (C=O) groups is 2. The summed E-state index contributed by atoms with van der Waals surface area (Å²) in [6, 6.07) is 9.25. The predicted octanol–water partition coefficient (Wildman–Crippen LogP) is 4.25. The van der Waals surface area contributed by atoms with Crippen LogP contribution < -0.4 is 5.32 Å². The van der Waals surface area contributed by atoms with Crippen LogP contribution in [-0.2, 0) is 0 Å². The van der Waals surface area contributed by atoms with Gasteiger partial charge in [-0.3, -0.25) is 4.79 Å². The van der Waals surface area contributed by atoms with Crippen LogP contribution in [0.4, 0.5) is 5.69 Å². The van der Waals surface area contributed by atoms with E-state index in [0.29, 0.717) is 16.3 Å². The molecule has 0 heterocycles. The van der Waals surface area contributed by atoms with Gasteiger partial charge in [0.1, 0.15) is 0 Å². The Morgan fingerprint density at radius 3 is 2.43 bits per heavy atom. The van der Waals surface area contributed by atoms with Crippen molar-refractivity contribution >= 4 is 40.8 Å². The van der Waals surface area contributed by atoms with E-state index >= 15 is 0 Å². The van der Waals surface area contributed by atoms with Crippen LogP contribution >= 0.6 is 23.2 Å². The van der Waals surface area contributed by atoms with Gasteiger partial charge in [0, 0.05) is 16.3 Å². The predicted molar refractivity (Wildman–Crippen MR) is 82.6 cm³/mol. The fourth-order valence-corrected chi connectivity index (χ4v) is 2.17. The van der Waals surface area contributed by atoms with Crippen LogP contribution in [0, 0.1) is 6.92 Å². The van der Waals surface area contributed by atoms with Crippen molar-refractivity contribution in [3.63, 3.8) is 0 Å². The zero-order valence-corrected chi connectivity index (χ0v) is 12.5. The SMILES string of the molecule is Cc1ccc(Cl)cc1C(=O)Nc1ccc(Cl)c(C(=O)O)c1. The van der Waals surface area contributed by atoms with E-state index < -0.39 is 5.97 Å². The maximum atomic E-state index is 12.2. The summed E-state index contributed by atoms with van der Waals surface area (Å²) in [6.45, 7) is 1.79. The first-order chi connectivity index (χ1) is 9.88. The van der Waals surface area contributed by atoms with Crippen molar-refractivity contribution in [3.8, 4) is 0 Å². The van der Waals surface area contributed by atoms with Crippen molar-refractivity contribution < 1.29 is 14.7 Å². The quantitative estimate of drug-likeness (QED) is 0.887. The van der Waals surface area contributed by atoms with E-state index in [1.165, 1.54) is 18.2 Å². The second-order valence-electron chi connectivity index (χ2n) is 4.41. The fraction of sp³-hybridized carbons (Fsp3) is 0.0667. The van der Waals surface area contributed by atoms with Gasteiger partial charge in [0.15, 0.2) is 0 Å². The van der Waals surface area contributed by atoms with Crippen LogP contribution in [0.2, 0.25) is 10.0 Å². The summed E-state index contributed by atoms with van der Waals surface area (Å²) in [7, 11) is 0. The number of benzene rings is 2. The Bertz CT molecular complexity index is 729. The van der Waals surface area contributed by atoms with Crippen molar-refractivity contribution in [2.75, 3.05) is 5.32 Å². The molecule has 21 heavy (non-hydrogen) atoms. The number of hydrogen-bond donors (Lipinski definition) is 2. The number of amides is 1. The molecular formula is C15H11Cl2NO3. The molecule has 0 saturated heterocycles. The number of carbonyl (C=O) groups excluding carboxylic acids is 1. The van der Waals surface area contributed by atoms with Crippen LogP contribution in [0.25, 0.3) is 0 Å². The highest BCUT2D eigenvalue weighted by Crippen LogP contribution is 2.22. The summed E-state index contributed by atoms with van der Waals surface area (Å²) in [5.74, 6) is -1.52. The van der Waals surface area contributed by atoms with Crippen molar-refractivity contribution in [1.29, 1.82) is 0 Å². The highest BCUT2D eigenvalue weighted by molar-refractivity contribution is 6.33. The van der Waals surface area contributed by atoms with Gasteiger partial charge in [-0.25, -0.2) is 4.79 Å². The van der Waals surface area contributed by atoms with E-state index in [4.69, 9.17) is 28.3 Å². The Hall–Kier alpha value is -2.04. The largest absolute Gasteiger partial charge is 0.478 e. The van der Waals surface area contributed by atoms with E-state index in [2.05, 4.69) is 5.32 Å². The van der Waals surface area contributed by atoms with Gasteiger partial charge in [0.25, 0.3) is 5.91 Å². The molecule has 0 radical (unpaired) electrons. The Balaban J connectivity index is 2.29. The molecule has 0 unspecified atom stereocenters. The first-order valence-electron chi connectivity index (χ1n) is 5.99. The summed E-state index contributed by atoms with van der Waals surface area (Å²) in [5, 5.41) is 12.2. The molecule has 108 valence electrons. The van der Waals surface area contributed by atoms with Gasteiger partial charge in [-0.2, -0.15) is 0 Å².